The molecular formula is C23H36N4O3. The quantitative estimate of drug-likeness (QED) is 0.747. The fourth-order valence-electron chi connectivity index (χ4n) is 5.16. The summed E-state index contributed by atoms with van der Waals surface area (Å²) in [6.45, 7) is 5.15. The largest absolute Gasteiger partial charge is 0.467 e. The Morgan fingerprint density at radius 3 is 2.40 bits per heavy atom. The molecule has 7 heteroatoms. The maximum absolute atomic E-state index is 12.7. The fourth-order valence-corrected chi connectivity index (χ4v) is 5.16. The lowest BCUT2D eigenvalue weighted by Crippen LogP contribution is -2.52. The molecule has 2 aliphatic heterocycles. The summed E-state index contributed by atoms with van der Waals surface area (Å²) in [6, 6.07) is 4.00. The molecule has 2 N–H and O–H groups in total. The van der Waals surface area contributed by atoms with Crippen LogP contribution in [0.2, 0.25) is 0 Å². The molecule has 3 amide bonds. The van der Waals surface area contributed by atoms with Gasteiger partial charge in [-0.25, -0.2) is 4.79 Å². The highest BCUT2D eigenvalue weighted by molar-refractivity contribution is 5.79. The van der Waals surface area contributed by atoms with E-state index in [9.17, 15) is 9.59 Å². The van der Waals surface area contributed by atoms with E-state index in [-0.39, 0.29) is 23.9 Å². The molecule has 2 saturated heterocycles. The van der Waals surface area contributed by atoms with Crippen molar-refractivity contribution < 1.29 is 14.0 Å². The number of furan rings is 1. The molecule has 166 valence electrons. The fraction of sp³-hybridized carbons (Fsp3) is 0.739. The first-order valence-corrected chi connectivity index (χ1v) is 11.8. The van der Waals surface area contributed by atoms with Gasteiger partial charge in [-0.05, 0) is 56.6 Å². The van der Waals surface area contributed by atoms with Crippen molar-refractivity contribution in [2.45, 2.75) is 64.0 Å². The van der Waals surface area contributed by atoms with E-state index in [0.717, 1.165) is 50.5 Å². The number of urea groups is 1. The molecule has 0 radical (unpaired) electrons. The first kappa shape index (κ1) is 21.2. The Balaban J connectivity index is 1.12. The van der Waals surface area contributed by atoms with Gasteiger partial charge in [0.05, 0.1) is 12.8 Å². The lowest BCUT2D eigenvalue weighted by Gasteiger charge is -2.36. The third-order valence-corrected chi connectivity index (χ3v) is 7.08. The van der Waals surface area contributed by atoms with Gasteiger partial charge in [0, 0.05) is 44.7 Å². The van der Waals surface area contributed by atoms with E-state index >= 15 is 0 Å². The smallest absolute Gasteiger partial charge is 0.317 e. The highest BCUT2D eigenvalue weighted by Crippen LogP contribution is 2.26. The number of hydrogen-bond donors (Lipinski definition) is 2. The summed E-state index contributed by atoms with van der Waals surface area (Å²) in [4.78, 5) is 29.5. The Hall–Kier alpha value is -2.02. The van der Waals surface area contributed by atoms with Crippen LogP contribution in [0.25, 0.3) is 0 Å². The molecule has 0 atom stereocenters. The standard InChI is InChI=1S/C23H36N4O3/c28-22(24-16-21-6-3-15-30-21)19-7-13-27(14-8-19)23(29)25-20-9-11-26(12-10-20)17-18-4-1-2-5-18/h3,6,15,18-20H,1-2,4-5,7-14,16-17H2,(H,24,28)(H,25,29). The Kier molecular flexibility index (Phi) is 7.31. The first-order chi connectivity index (χ1) is 14.7. The maximum Gasteiger partial charge on any atom is 0.317 e. The van der Waals surface area contributed by atoms with E-state index in [4.69, 9.17) is 4.42 Å². The van der Waals surface area contributed by atoms with Gasteiger partial charge in [-0.15, -0.1) is 0 Å². The molecule has 0 spiro atoms. The van der Waals surface area contributed by atoms with Crippen molar-refractivity contribution in [3.05, 3.63) is 24.2 Å². The van der Waals surface area contributed by atoms with Crippen LogP contribution in [-0.4, -0.2) is 60.5 Å². The van der Waals surface area contributed by atoms with Crippen molar-refractivity contribution in [1.82, 2.24) is 20.4 Å². The minimum Gasteiger partial charge on any atom is -0.467 e. The Morgan fingerprint density at radius 2 is 1.73 bits per heavy atom. The topological polar surface area (TPSA) is 77.8 Å². The summed E-state index contributed by atoms with van der Waals surface area (Å²) >= 11 is 0. The summed E-state index contributed by atoms with van der Waals surface area (Å²) in [5, 5.41) is 6.18. The zero-order valence-corrected chi connectivity index (χ0v) is 18.0. The number of carbonyl (C=O) groups excluding carboxylic acids is 2. The normalized spacial score (nSPS) is 22.3. The highest BCUT2D eigenvalue weighted by atomic mass is 16.3. The summed E-state index contributed by atoms with van der Waals surface area (Å²) < 4.78 is 5.25. The molecule has 0 bridgehead atoms. The molecule has 1 aromatic rings. The SMILES string of the molecule is O=C(NCc1ccco1)C1CCN(C(=O)NC2CCN(CC3CCCC3)CC2)CC1. The Morgan fingerprint density at radius 1 is 1.00 bits per heavy atom. The highest BCUT2D eigenvalue weighted by Gasteiger charge is 2.29. The van der Waals surface area contributed by atoms with Gasteiger partial charge in [0.1, 0.15) is 5.76 Å². The lowest BCUT2D eigenvalue weighted by molar-refractivity contribution is -0.126. The minimum atomic E-state index is -0.0251. The molecule has 30 heavy (non-hydrogen) atoms. The summed E-state index contributed by atoms with van der Waals surface area (Å²) in [5.41, 5.74) is 0. The molecule has 0 aromatic carbocycles. The lowest BCUT2D eigenvalue weighted by atomic mass is 9.96. The molecular weight excluding hydrogens is 380 g/mol. The summed E-state index contributed by atoms with van der Waals surface area (Å²) in [5.74, 6) is 1.69. The van der Waals surface area contributed by atoms with Crippen LogP contribution in [0.15, 0.2) is 22.8 Å². The van der Waals surface area contributed by atoms with Gasteiger partial charge in [-0.1, -0.05) is 12.8 Å². The number of rotatable bonds is 6. The number of nitrogens with zero attached hydrogens (tertiary/aromatic N) is 2. The average molecular weight is 417 g/mol. The predicted octanol–water partition coefficient (Wildman–Crippen LogP) is 2.97. The van der Waals surface area contributed by atoms with E-state index in [2.05, 4.69) is 15.5 Å². The van der Waals surface area contributed by atoms with E-state index in [1.165, 1.54) is 32.2 Å². The van der Waals surface area contributed by atoms with Crippen molar-refractivity contribution >= 4 is 11.9 Å². The molecule has 1 aromatic heterocycles. The second-order valence-corrected chi connectivity index (χ2v) is 9.23. The van der Waals surface area contributed by atoms with Gasteiger partial charge >= 0.3 is 6.03 Å². The third-order valence-electron chi connectivity index (χ3n) is 7.08. The number of nitrogens with one attached hydrogen (secondary N) is 2. The third kappa shape index (κ3) is 5.78. The number of carbonyl (C=O) groups is 2. The molecule has 1 aliphatic carbocycles. The van der Waals surface area contributed by atoms with E-state index in [1.807, 2.05) is 17.0 Å². The summed E-state index contributed by atoms with van der Waals surface area (Å²) in [6.07, 6.45) is 10.7. The second-order valence-electron chi connectivity index (χ2n) is 9.23. The zero-order chi connectivity index (χ0) is 20.8. The van der Waals surface area contributed by atoms with E-state index in [1.54, 1.807) is 6.26 Å². The van der Waals surface area contributed by atoms with Crippen LogP contribution in [0.4, 0.5) is 4.79 Å². The van der Waals surface area contributed by atoms with Crippen molar-refractivity contribution in [2.75, 3.05) is 32.7 Å². The van der Waals surface area contributed by atoms with Gasteiger partial charge in [-0.2, -0.15) is 0 Å². The second kappa shape index (κ2) is 10.3. The molecule has 7 nitrogen and oxygen atoms in total. The van der Waals surface area contributed by atoms with Crippen LogP contribution >= 0.6 is 0 Å². The predicted molar refractivity (Wildman–Crippen MR) is 115 cm³/mol. The monoisotopic (exact) mass is 416 g/mol. The number of likely N-dealkylation sites (tertiary alicyclic amines) is 2. The van der Waals surface area contributed by atoms with Gasteiger partial charge in [0.15, 0.2) is 0 Å². The van der Waals surface area contributed by atoms with E-state index in [0.29, 0.717) is 19.6 Å². The Labute approximate surface area is 179 Å². The van der Waals surface area contributed by atoms with Crippen LogP contribution in [0.1, 0.15) is 57.1 Å². The van der Waals surface area contributed by atoms with Crippen LogP contribution < -0.4 is 10.6 Å². The van der Waals surface area contributed by atoms with E-state index < -0.39 is 0 Å². The molecule has 4 rings (SSSR count). The number of piperidine rings is 2. The van der Waals surface area contributed by atoms with Crippen LogP contribution in [0, 0.1) is 11.8 Å². The van der Waals surface area contributed by atoms with Gasteiger partial charge in [0.2, 0.25) is 5.91 Å². The van der Waals surface area contributed by atoms with Crippen LogP contribution in [0.5, 0.6) is 0 Å². The average Bonchev–Trinajstić information content (AvgIpc) is 3.48. The van der Waals surface area contributed by atoms with Crippen molar-refractivity contribution in [2.24, 2.45) is 11.8 Å². The first-order valence-electron chi connectivity index (χ1n) is 11.8. The molecule has 3 aliphatic rings. The van der Waals surface area contributed by atoms with Crippen LogP contribution in [0.3, 0.4) is 0 Å². The van der Waals surface area contributed by atoms with Crippen molar-refractivity contribution in [3.8, 4) is 0 Å². The van der Waals surface area contributed by atoms with Crippen molar-refractivity contribution in [1.29, 1.82) is 0 Å². The summed E-state index contributed by atoms with van der Waals surface area (Å²) in [7, 11) is 0. The van der Waals surface area contributed by atoms with Crippen molar-refractivity contribution in [3.63, 3.8) is 0 Å². The zero-order valence-electron chi connectivity index (χ0n) is 18.0. The molecule has 0 unspecified atom stereocenters. The number of hydrogen-bond acceptors (Lipinski definition) is 4. The molecule has 1 saturated carbocycles. The molecule has 3 fully saturated rings. The van der Waals surface area contributed by atoms with Gasteiger partial charge in [-0.3, -0.25) is 4.79 Å². The van der Waals surface area contributed by atoms with Crippen LogP contribution in [-0.2, 0) is 11.3 Å². The molecule has 3 heterocycles. The Bertz CT molecular complexity index is 671. The maximum atomic E-state index is 12.7. The number of amides is 3. The van der Waals surface area contributed by atoms with Gasteiger partial charge < -0.3 is 24.9 Å². The minimum absolute atomic E-state index is 0.0251. The van der Waals surface area contributed by atoms with Gasteiger partial charge in [0.25, 0.3) is 0 Å².